The Kier molecular flexibility index (Phi) is 3.91. The van der Waals surface area contributed by atoms with Gasteiger partial charge in [0.2, 0.25) is 0 Å². The molecule has 2 aromatic carbocycles. The Balaban J connectivity index is 2.54. The van der Waals surface area contributed by atoms with Gasteiger partial charge in [-0.3, -0.25) is 4.31 Å². The highest BCUT2D eigenvalue weighted by Crippen LogP contribution is 2.27. The summed E-state index contributed by atoms with van der Waals surface area (Å²) in [6.45, 7) is 3.38. The Morgan fingerprint density at radius 3 is 2.24 bits per heavy atom. The molecule has 2 aromatic rings. The van der Waals surface area contributed by atoms with Crippen LogP contribution in [0.15, 0.2) is 41.3 Å². The average Bonchev–Trinajstić information content (AvgIpc) is 2.42. The van der Waals surface area contributed by atoms with Crippen molar-refractivity contribution in [2.45, 2.75) is 18.7 Å². The lowest BCUT2D eigenvalue weighted by molar-refractivity contribution is 0.561. The van der Waals surface area contributed by atoms with Gasteiger partial charge in [-0.05, 0) is 43.7 Å². The van der Waals surface area contributed by atoms with Crippen LogP contribution >= 0.6 is 0 Å². The molecule has 0 atom stereocenters. The molecule has 0 aliphatic rings. The van der Waals surface area contributed by atoms with Crippen molar-refractivity contribution in [1.82, 2.24) is 0 Å². The number of hydrogen-bond donors (Lipinski definition) is 1. The van der Waals surface area contributed by atoms with Crippen molar-refractivity contribution in [2.75, 3.05) is 17.1 Å². The zero-order valence-corrected chi connectivity index (χ0v) is 12.9. The third-order valence-corrected chi connectivity index (χ3v) is 5.06. The largest absolute Gasteiger partial charge is 0.399 e. The molecule has 0 aliphatic carbocycles. The van der Waals surface area contributed by atoms with Gasteiger partial charge in [0.15, 0.2) is 0 Å². The quantitative estimate of drug-likeness (QED) is 0.887. The number of aryl methyl sites for hydroxylation is 2. The highest BCUT2D eigenvalue weighted by molar-refractivity contribution is 7.92. The molecule has 112 valence electrons. The van der Waals surface area contributed by atoms with E-state index in [1.807, 2.05) is 6.92 Å². The summed E-state index contributed by atoms with van der Waals surface area (Å²) in [6, 6.07) is 9.47. The van der Waals surface area contributed by atoms with Crippen molar-refractivity contribution in [3.63, 3.8) is 0 Å². The summed E-state index contributed by atoms with van der Waals surface area (Å²) >= 11 is 0. The van der Waals surface area contributed by atoms with Crippen LogP contribution in [0.25, 0.3) is 0 Å². The van der Waals surface area contributed by atoms with E-state index in [1.54, 1.807) is 24.3 Å². The molecule has 0 amide bonds. The van der Waals surface area contributed by atoms with Crippen molar-refractivity contribution < 1.29 is 12.8 Å². The monoisotopic (exact) mass is 308 g/mol. The molecule has 6 heteroatoms. The van der Waals surface area contributed by atoms with E-state index in [-0.39, 0.29) is 11.3 Å². The fraction of sp³-hybridized carbons (Fsp3) is 0.200. The molecule has 0 saturated carbocycles. The highest BCUT2D eigenvalue weighted by atomic mass is 32.2. The minimum atomic E-state index is -4.00. The number of rotatable bonds is 3. The first kappa shape index (κ1) is 15.3. The molecule has 21 heavy (non-hydrogen) atoms. The Hall–Kier alpha value is -2.08. The average molecular weight is 308 g/mol. The molecular weight excluding hydrogens is 291 g/mol. The second kappa shape index (κ2) is 5.37. The first-order valence-corrected chi connectivity index (χ1v) is 7.78. The molecule has 2 N–H and O–H groups in total. The van der Waals surface area contributed by atoms with Gasteiger partial charge in [0, 0.05) is 12.7 Å². The van der Waals surface area contributed by atoms with E-state index in [9.17, 15) is 12.8 Å². The van der Waals surface area contributed by atoms with Crippen LogP contribution < -0.4 is 10.0 Å². The number of nitrogens with two attached hydrogens (primary N) is 1. The zero-order chi connectivity index (χ0) is 15.8. The lowest BCUT2D eigenvalue weighted by Gasteiger charge is -2.20. The van der Waals surface area contributed by atoms with Crippen LogP contribution in [0.5, 0.6) is 0 Å². The SMILES string of the molecule is Cc1ccc(N(C)S(=O)(=O)c2cc(N)cc(C)c2F)cc1. The minimum absolute atomic E-state index is 0.200. The van der Waals surface area contributed by atoms with Gasteiger partial charge in [0.05, 0.1) is 5.69 Å². The summed E-state index contributed by atoms with van der Waals surface area (Å²) in [4.78, 5) is -0.414. The molecule has 0 fully saturated rings. The van der Waals surface area contributed by atoms with Gasteiger partial charge in [-0.15, -0.1) is 0 Å². The summed E-state index contributed by atoms with van der Waals surface area (Å²) < 4.78 is 40.3. The molecule has 2 rings (SSSR count). The number of nitrogen functional groups attached to an aromatic ring is 1. The summed E-state index contributed by atoms with van der Waals surface area (Å²) in [5, 5.41) is 0. The van der Waals surface area contributed by atoms with E-state index in [2.05, 4.69) is 0 Å². The Bertz CT molecular complexity index is 771. The van der Waals surface area contributed by atoms with Crippen LogP contribution in [-0.2, 0) is 10.0 Å². The van der Waals surface area contributed by atoms with Crippen molar-refractivity contribution in [2.24, 2.45) is 0 Å². The molecule has 0 radical (unpaired) electrons. The van der Waals surface area contributed by atoms with Crippen LogP contribution in [0.3, 0.4) is 0 Å². The van der Waals surface area contributed by atoms with E-state index in [1.165, 1.54) is 20.0 Å². The van der Waals surface area contributed by atoms with Crippen LogP contribution in [0, 0.1) is 19.7 Å². The van der Waals surface area contributed by atoms with Crippen molar-refractivity contribution >= 4 is 21.4 Å². The summed E-state index contributed by atoms with van der Waals surface area (Å²) in [5.41, 5.74) is 7.51. The Morgan fingerprint density at radius 2 is 1.67 bits per heavy atom. The Morgan fingerprint density at radius 1 is 1.10 bits per heavy atom. The van der Waals surface area contributed by atoms with E-state index < -0.39 is 20.7 Å². The third kappa shape index (κ3) is 2.85. The molecule has 0 heterocycles. The van der Waals surface area contributed by atoms with E-state index >= 15 is 0 Å². The van der Waals surface area contributed by atoms with Gasteiger partial charge in [0.1, 0.15) is 10.7 Å². The molecule has 0 spiro atoms. The van der Waals surface area contributed by atoms with Crippen LogP contribution in [0.1, 0.15) is 11.1 Å². The number of sulfonamides is 1. The van der Waals surface area contributed by atoms with E-state index in [0.29, 0.717) is 5.69 Å². The molecule has 0 saturated heterocycles. The summed E-state index contributed by atoms with van der Waals surface area (Å²) in [6.07, 6.45) is 0. The Labute approximate surface area is 124 Å². The van der Waals surface area contributed by atoms with Gasteiger partial charge in [0.25, 0.3) is 10.0 Å². The number of nitrogens with zero attached hydrogens (tertiary/aromatic N) is 1. The third-order valence-electron chi connectivity index (χ3n) is 3.28. The second-order valence-corrected chi connectivity index (χ2v) is 6.90. The normalized spacial score (nSPS) is 11.4. The predicted molar refractivity (Wildman–Crippen MR) is 82.3 cm³/mol. The number of anilines is 2. The summed E-state index contributed by atoms with van der Waals surface area (Å²) in [7, 11) is -2.62. The predicted octanol–water partition coefficient (Wildman–Crippen LogP) is 2.85. The first-order valence-electron chi connectivity index (χ1n) is 6.34. The lowest BCUT2D eigenvalue weighted by Crippen LogP contribution is -2.27. The number of hydrogen-bond acceptors (Lipinski definition) is 3. The lowest BCUT2D eigenvalue weighted by atomic mass is 10.2. The standard InChI is InChI=1S/C15H17FN2O2S/c1-10-4-6-13(7-5-10)18(3)21(19,20)14-9-12(17)8-11(2)15(14)16/h4-9H,17H2,1-3H3. The molecule has 4 nitrogen and oxygen atoms in total. The summed E-state index contributed by atoms with van der Waals surface area (Å²) in [5.74, 6) is -0.775. The van der Waals surface area contributed by atoms with Gasteiger partial charge in [-0.25, -0.2) is 12.8 Å². The molecule has 0 unspecified atom stereocenters. The fourth-order valence-corrected chi connectivity index (χ4v) is 3.36. The molecular formula is C15H17FN2O2S. The van der Waals surface area contributed by atoms with Crippen LogP contribution in [0.4, 0.5) is 15.8 Å². The topological polar surface area (TPSA) is 63.4 Å². The molecule has 0 aromatic heterocycles. The maximum Gasteiger partial charge on any atom is 0.267 e. The smallest absolute Gasteiger partial charge is 0.267 e. The molecule has 0 aliphatic heterocycles. The number of halogens is 1. The van der Waals surface area contributed by atoms with Crippen molar-refractivity contribution in [3.05, 3.63) is 53.3 Å². The minimum Gasteiger partial charge on any atom is -0.399 e. The van der Waals surface area contributed by atoms with E-state index in [0.717, 1.165) is 15.9 Å². The number of benzene rings is 2. The van der Waals surface area contributed by atoms with Crippen molar-refractivity contribution in [1.29, 1.82) is 0 Å². The first-order chi connectivity index (χ1) is 9.73. The highest BCUT2D eigenvalue weighted by Gasteiger charge is 2.26. The van der Waals surface area contributed by atoms with Crippen LogP contribution in [0.2, 0.25) is 0 Å². The van der Waals surface area contributed by atoms with Gasteiger partial charge in [-0.2, -0.15) is 0 Å². The van der Waals surface area contributed by atoms with Crippen LogP contribution in [-0.4, -0.2) is 15.5 Å². The second-order valence-electron chi connectivity index (χ2n) is 4.96. The van der Waals surface area contributed by atoms with Crippen molar-refractivity contribution in [3.8, 4) is 0 Å². The fourth-order valence-electron chi connectivity index (χ4n) is 1.99. The van der Waals surface area contributed by atoms with Gasteiger partial charge < -0.3 is 5.73 Å². The zero-order valence-electron chi connectivity index (χ0n) is 12.1. The van der Waals surface area contributed by atoms with Gasteiger partial charge in [-0.1, -0.05) is 17.7 Å². The maximum atomic E-state index is 14.2. The van der Waals surface area contributed by atoms with Gasteiger partial charge >= 0.3 is 0 Å². The molecule has 0 bridgehead atoms. The van der Waals surface area contributed by atoms with E-state index in [4.69, 9.17) is 5.73 Å². The maximum absolute atomic E-state index is 14.2.